The Morgan fingerprint density at radius 2 is 1.84 bits per heavy atom. The molecule has 98 valence electrons. The van der Waals surface area contributed by atoms with Crippen molar-refractivity contribution in [2.75, 3.05) is 7.11 Å². The van der Waals surface area contributed by atoms with Crippen LogP contribution in [0.2, 0.25) is 0 Å². The molecule has 0 saturated heterocycles. The van der Waals surface area contributed by atoms with E-state index < -0.39 is 17.6 Å². The molecular weight excluding hydrogens is 251 g/mol. The summed E-state index contributed by atoms with van der Waals surface area (Å²) in [7, 11) is 1.22. The molecule has 0 unspecified atom stereocenters. The van der Waals surface area contributed by atoms with Gasteiger partial charge in [-0.05, 0) is 42.8 Å². The van der Waals surface area contributed by atoms with Gasteiger partial charge in [-0.1, -0.05) is 0 Å². The number of furan rings is 1. The average molecular weight is 262 g/mol. The second kappa shape index (κ2) is 5.06. The minimum Gasteiger partial charge on any atom is -0.463 e. The highest BCUT2D eigenvalue weighted by Crippen LogP contribution is 2.17. The Hall–Kier alpha value is -2.43. The second-order valence-electron chi connectivity index (χ2n) is 3.94. The topological polar surface area (TPSA) is 56.5 Å². The molecule has 2 rings (SSSR count). The lowest BCUT2D eigenvalue weighted by molar-refractivity contribution is 0.0563. The lowest BCUT2D eigenvalue weighted by Gasteiger charge is -2.02. The first-order chi connectivity index (χ1) is 9.02. The van der Waals surface area contributed by atoms with E-state index in [1.807, 2.05) is 0 Å². The normalized spacial score (nSPS) is 10.3. The van der Waals surface area contributed by atoms with Crippen LogP contribution >= 0.6 is 0 Å². The molecule has 1 aromatic heterocycles. The van der Waals surface area contributed by atoms with Crippen molar-refractivity contribution in [2.45, 2.75) is 6.92 Å². The van der Waals surface area contributed by atoms with Crippen LogP contribution in [-0.4, -0.2) is 18.9 Å². The third kappa shape index (κ3) is 2.54. The summed E-state index contributed by atoms with van der Waals surface area (Å²) in [5.74, 6) is -1.52. The number of rotatable bonds is 3. The predicted molar refractivity (Wildman–Crippen MR) is 64.6 cm³/mol. The molecular formula is C14H11FO4. The van der Waals surface area contributed by atoms with Gasteiger partial charge in [0.1, 0.15) is 5.82 Å². The average Bonchev–Trinajstić information content (AvgIpc) is 2.86. The molecule has 1 aromatic carbocycles. The molecule has 4 nitrogen and oxygen atoms in total. The molecule has 5 heteroatoms. The van der Waals surface area contributed by atoms with Gasteiger partial charge in [0.25, 0.3) is 0 Å². The molecule has 0 saturated carbocycles. The van der Waals surface area contributed by atoms with Gasteiger partial charge in [0.15, 0.2) is 5.76 Å². The molecule has 0 aliphatic rings. The van der Waals surface area contributed by atoms with E-state index >= 15 is 0 Å². The van der Waals surface area contributed by atoms with Gasteiger partial charge in [-0.15, -0.1) is 0 Å². The van der Waals surface area contributed by atoms with Gasteiger partial charge in [-0.2, -0.15) is 0 Å². The third-order valence-corrected chi connectivity index (χ3v) is 2.65. The van der Waals surface area contributed by atoms with Crippen LogP contribution in [0.15, 0.2) is 34.7 Å². The third-order valence-electron chi connectivity index (χ3n) is 2.65. The largest absolute Gasteiger partial charge is 0.463 e. The molecule has 0 fully saturated rings. The summed E-state index contributed by atoms with van der Waals surface area (Å²) in [6, 6.07) is 6.59. The van der Waals surface area contributed by atoms with E-state index in [1.165, 1.54) is 37.4 Å². The number of ketones is 1. The number of hydrogen-bond donors (Lipinski definition) is 0. The van der Waals surface area contributed by atoms with E-state index in [4.69, 9.17) is 4.42 Å². The molecule has 0 bridgehead atoms. The van der Waals surface area contributed by atoms with Crippen molar-refractivity contribution in [1.82, 2.24) is 0 Å². The minimum absolute atomic E-state index is 0.00936. The molecule has 0 atom stereocenters. The highest BCUT2D eigenvalue weighted by atomic mass is 19.1. The summed E-state index contributed by atoms with van der Waals surface area (Å²) in [6.07, 6.45) is 0. The van der Waals surface area contributed by atoms with Crippen LogP contribution in [-0.2, 0) is 4.74 Å². The van der Waals surface area contributed by atoms with Crippen LogP contribution in [0.5, 0.6) is 0 Å². The van der Waals surface area contributed by atoms with E-state index in [2.05, 4.69) is 4.74 Å². The van der Waals surface area contributed by atoms with Gasteiger partial charge < -0.3 is 9.15 Å². The molecule has 2 aromatic rings. The Bertz CT molecular complexity index is 643. The molecule has 0 spiro atoms. The number of ether oxygens (including phenoxy) is 1. The smallest absolute Gasteiger partial charge is 0.373 e. The van der Waals surface area contributed by atoms with Crippen molar-refractivity contribution in [3.63, 3.8) is 0 Å². The maximum Gasteiger partial charge on any atom is 0.373 e. The van der Waals surface area contributed by atoms with Crippen LogP contribution < -0.4 is 0 Å². The molecule has 19 heavy (non-hydrogen) atoms. The quantitative estimate of drug-likeness (QED) is 0.630. The van der Waals surface area contributed by atoms with Crippen molar-refractivity contribution >= 4 is 11.8 Å². The zero-order valence-electron chi connectivity index (χ0n) is 10.4. The molecule has 0 amide bonds. The van der Waals surface area contributed by atoms with Crippen LogP contribution in [0.25, 0.3) is 0 Å². The van der Waals surface area contributed by atoms with E-state index in [9.17, 15) is 14.0 Å². The lowest BCUT2D eigenvalue weighted by Crippen LogP contribution is -2.03. The van der Waals surface area contributed by atoms with Crippen LogP contribution in [0, 0.1) is 12.7 Å². The number of methoxy groups -OCH3 is 1. The summed E-state index contributed by atoms with van der Waals surface area (Å²) in [4.78, 5) is 23.4. The highest BCUT2D eigenvalue weighted by Gasteiger charge is 2.18. The Morgan fingerprint density at radius 3 is 2.47 bits per heavy atom. The second-order valence-corrected chi connectivity index (χ2v) is 3.94. The number of esters is 1. The molecule has 0 radical (unpaired) electrons. The van der Waals surface area contributed by atoms with Gasteiger partial charge in [-0.25, -0.2) is 9.18 Å². The standard InChI is InChI=1S/C14H11FO4/c1-8-7-9(15)3-4-10(8)13(16)11-5-6-12(19-11)14(17)18-2/h3-7H,1-2H3. The van der Waals surface area contributed by atoms with Crippen molar-refractivity contribution in [2.24, 2.45) is 0 Å². The van der Waals surface area contributed by atoms with Crippen molar-refractivity contribution in [3.8, 4) is 0 Å². The summed E-state index contributed by atoms with van der Waals surface area (Å²) in [6.45, 7) is 1.63. The fraction of sp³-hybridized carbons (Fsp3) is 0.143. The predicted octanol–water partition coefficient (Wildman–Crippen LogP) is 2.74. The van der Waals surface area contributed by atoms with E-state index in [0.29, 0.717) is 11.1 Å². The number of aryl methyl sites for hydroxylation is 1. The monoisotopic (exact) mass is 262 g/mol. The number of hydrogen-bond acceptors (Lipinski definition) is 4. The van der Waals surface area contributed by atoms with Gasteiger partial charge in [0.05, 0.1) is 7.11 Å². The fourth-order valence-electron chi connectivity index (χ4n) is 1.68. The minimum atomic E-state index is -0.658. The Morgan fingerprint density at radius 1 is 1.16 bits per heavy atom. The van der Waals surface area contributed by atoms with Crippen molar-refractivity contribution < 1.29 is 23.1 Å². The SMILES string of the molecule is COC(=O)c1ccc(C(=O)c2ccc(F)cc2C)o1. The Balaban J connectivity index is 2.34. The summed E-state index contributed by atoms with van der Waals surface area (Å²) in [5.41, 5.74) is 0.827. The zero-order valence-corrected chi connectivity index (χ0v) is 10.4. The maximum atomic E-state index is 13.0. The zero-order chi connectivity index (χ0) is 14.0. The van der Waals surface area contributed by atoms with Crippen LogP contribution in [0.4, 0.5) is 4.39 Å². The van der Waals surface area contributed by atoms with Crippen LogP contribution in [0.1, 0.15) is 32.2 Å². The van der Waals surface area contributed by atoms with E-state index in [-0.39, 0.29) is 11.5 Å². The summed E-state index contributed by atoms with van der Waals surface area (Å²) >= 11 is 0. The number of halogens is 1. The molecule has 1 heterocycles. The van der Waals surface area contributed by atoms with Gasteiger partial charge in [0.2, 0.25) is 11.5 Å². The van der Waals surface area contributed by atoms with E-state index in [0.717, 1.165) is 0 Å². The first-order valence-electron chi connectivity index (χ1n) is 5.52. The number of carbonyl (C=O) groups is 2. The number of carbonyl (C=O) groups excluding carboxylic acids is 2. The Kier molecular flexibility index (Phi) is 3.46. The molecule has 0 aliphatic carbocycles. The fourth-order valence-corrected chi connectivity index (χ4v) is 1.68. The lowest BCUT2D eigenvalue weighted by atomic mass is 10.0. The van der Waals surface area contributed by atoms with E-state index in [1.54, 1.807) is 6.92 Å². The summed E-state index contributed by atoms with van der Waals surface area (Å²) < 4.78 is 22.6. The first kappa shape index (κ1) is 13.0. The van der Waals surface area contributed by atoms with Crippen molar-refractivity contribution in [1.29, 1.82) is 0 Å². The molecule has 0 aliphatic heterocycles. The van der Waals surface area contributed by atoms with Gasteiger partial charge >= 0.3 is 5.97 Å². The van der Waals surface area contributed by atoms with Gasteiger partial charge in [-0.3, -0.25) is 4.79 Å². The Labute approximate surface area is 108 Å². The summed E-state index contributed by atoms with van der Waals surface area (Å²) in [5, 5.41) is 0. The van der Waals surface area contributed by atoms with Gasteiger partial charge in [0, 0.05) is 5.56 Å². The maximum absolute atomic E-state index is 13.0. The van der Waals surface area contributed by atoms with Crippen LogP contribution in [0.3, 0.4) is 0 Å². The number of benzene rings is 1. The molecule has 0 N–H and O–H groups in total. The first-order valence-corrected chi connectivity index (χ1v) is 5.52. The highest BCUT2D eigenvalue weighted by molar-refractivity contribution is 6.08. The van der Waals surface area contributed by atoms with Crippen molar-refractivity contribution in [3.05, 3.63) is 58.8 Å².